The van der Waals surface area contributed by atoms with E-state index in [-0.39, 0.29) is 10.5 Å². The van der Waals surface area contributed by atoms with Gasteiger partial charge in [-0.1, -0.05) is 32.0 Å². The monoisotopic (exact) mass is 406 g/mol. The Kier molecular flexibility index (Phi) is 7.98. The third kappa shape index (κ3) is 5.31. The summed E-state index contributed by atoms with van der Waals surface area (Å²) in [6, 6.07) is 13.1. The Hall–Kier alpha value is -2.42. The first-order valence-electron chi connectivity index (χ1n) is 9.08. The van der Waals surface area contributed by atoms with Crippen LogP contribution in [0.1, 0.15) is 24.2 Å². The lowest BCUT2D eigenvalue weighted by Crippen LogP contribution is -2.30. The van der Waals surface area contributed by atoms with Gasteiger partial charge in [0.05, 0.1) is 17.1 Å². The van der Waals surface area contributed by atoms with E-state index in [0.29, 0.717) is 37.7 Å². The zero-order chi connectivity index (χ0) is 20.6. The van der Waals surface area contributed by atoms with Gasteiger partial charge in [-0.25, -0.2) is 13.2 Å². The summed E-state index contributed by atoms with van der Waals surface area (Å²) < 4.78 is 37.4. The maximum atomic E-state index is 12.8. The summed E-state index contributed by atoms with van der Waals surface area (Å²) in [7, 11) is -2.12. The van der Waals surface area contributed by atoms with Crippen molar-refractivity contribution in [2.75, 3.05) is 38.7 Å². The summed E-state index contributed by atoms with van der Waals surface area (Å²) in [5, 5.41) is 3.08. The van der Waals surface area contributed by atoms with Crippen molar-refractivity contribution in [3.8, 4) is 5.75 Å². The molecule has 7 nitrogen and oxygen atoms in total. The molecule has 8 heteroatoms. The van der Waals surface area contributed by atoms with Crippen molar-refractivity contribution >= 4 is 21.7 Å². The van der Waals surface area contributed by atoms with Crippen LogP contribution < -0.4 is 10.1 Å². The summed E-state index contributed by atoms with van der Waals surface area (Å²) in [6.45, 7) is 5.13. The van der Waals surface area contributed by atoms with Crippen LogP contribution >= 0.6 is 0 Å². The van der Waals surface area contributed by atoms with Gasteiger partial charge in [0, 0.05) is 32.4 Å². The summed E-state index contributed by atoms with van der Waals surface area (Å²) in [6.07, 6.45) is 0. The van der Waals surface area contributed by atoms with Gasteiger partial charge in [-0.3, -0.25) is 0 Å². The number of hydrogen-bond donors (Lipinski definition) is 1. The quantitative estimate of drug-likeness (QED) is 0.371. The third-order valence-corrected chi connectivity index (χ3v) is 6.18. The molecule has 0 aliphatic carbocycles. The number of carbonyl (C=O) groups excluding carboxylic acids is 1. The van der Waals surface area contributed by atoms with E-state index in [1.165, 1.54) is 16.4 Å². The molecule has 0 aliphatic heterocycles. The number of ether oxygens (including phenoxy) is 2. The first kappa shape index (κ1) is 21.9. The highest BCUT2D eigenvalue weighted by atomic mass is 32.2. The van der Waals surface area contributed by atoms with E-state index in [4.69, 9.17) is 9.47 Å². The summed E-state index contributed by atoms with van der Waals surface area (Å²) >= 11 is 0. The SMILES string of the molecule is CCN(CC)S(=O)(=O)c1ccc(NCCOC)c(C(=O)Oc2ccccc2)c1. The number of carbonyl (C=O) groups is 1. The topological polar surface area (TPSA) is 84.9 Å². The van der Waals surface area contributed by atoms with Crippen molar-refractivity contribution in [1.82, 2.24) is 4.31 Å². The van der Waals surface area contributed by atoms with E-state index >= 15 is 0 Å². The molecular weight excluding hydrogens is 380 g/mol. The molecule has 2 rings (SSSR count). The molecule has 0 amide bonds. The normalized spacial score (nSPS) is 11.4. The molecule has 0 radical (unpaired) electrons. The Morgan fingerprint density at radius 3 is 2.36 bits per heavy atom. The molecule has 0 atom stereocenters. The lowest BCUT2D eigenvalue weighted by molar-refractivity contribution is 0.0735. The second-order valence-electron chi connectivity index (χ2n) is 5.92. The minimum absolute atomic E-state index is 0.0495. The van der Waals surface area contributed by atoms with E-state index in [9.17, 15) is 13.2 Å². The number of para-hydroxylation sites is 1. The van der Waals surface area contributed by atoms with Crippen molar-refractivity contribution in [1.29, 1.82) is 0 Å². The molecule has 0 unspecified atom stereocenters. The molecule has 2 aromatic carbocycles. The molecule has 0 saturated carbocycles. The van der Waals surface area contributed by atoms with E-state index in [1.807, 2.05) is 6.07 Å². The summed E-state index contributed by atoms with van der Waals surface area (Å²) in [5.41, 5.74) is 0.629. The van der Waals surface area contributed by atoms with Crippen LogP contribution in [-0.4, -0.2) is 52.0 Å². The van der Waals surface area contributed by atoms with Crippen LogP contribution in [-0.2, 0) is 14.8 Å². The van der Waals surface area contributed by atoms with Gasteiger partial charge in [-0.15, -0.1) is 0 Å². The van der Waals surface area contributed by atoms with E-state index < -0.39 is 16.0 Å². The Morgan fingerprint density at radius 1 is 1.07 bits per heavy atom. The fourth-order valence-electron chi connectivity index (χ4n) is 2.66. The highest BCUT2D eigenvalue weighted by Gasteiger charge is 2.24. The maximum absolute atomic E-state index is 12.8. The smallest absolute Gasteiger partial charge is 0.345 e. The molecule has 0 bridgehead atoms. The number of esters is 1. The number of sulfonamides is 1. The number of methoxy groups -OCH3 is 1. The van der Waals surface area contributed by atoms with Gasteiger partial charge in [0.2, 0.25) is 10.0 Å². The number of nitrogens with one attached hydrogen (secondary N) is 1. The molecule has 0 aliphatic rings. The first-order chi connectivity index (χ1) is 13.4. The van der Waals surface area contributed by atoms with E-state index in [0.717, 1.165) is 0 Å². The Balaban J connectivity index is 2.41. The van der Waals surface area contributed by atoms with Crippen molar-refractivity contribution in [2.24, 2.45) is 0 Å². The highest BCUT2D eigenvalue weighted by molar-refractivity contribution is 7.89. The predicted octanol–water partition coefficient (Wildman–Crippen LogP) is 2.99. The number of hydrogen-bond acceptors (Lipinski definition) is 6. The van der Waals surface area contributed by atoms with Gasteiger partial charge in [-0.2, -0.15) is 4.31 Å². The molecule has 0 fully saturated rings. The molecule has 0 spiro atoms. The fourth-order valence-corrected chi connectivity index (χ4v) is 4.14. The molecule has 28 heavy (non-hydrogen) atoms. The van der Waals surface area contributed by atoms with Gasteiger partial charge in [0.25, 0.3) is 0 Å². The fraction of sp³-hybridized carbons (Fsp3) is 0.350. The zero-order valence-electron chi connectivity index (χ0n) is 16.3. The van der Waals surface area contributed by atoms with Crippen molar-refractivity contribution < 1.29 is 22.7 Å². The third-order valence-electron chi connectivity index (χ3n) is 4.13. The number of nitrogens with zero attached hydrogens (tertiary/aromatic N) is 1. The Labute approximate surface area is 166 Å². The molecule has 0 aromatic heterocycles. The second-order valence-corrected chi connectivity index (χ2v) is 7.86. The van der Waals surface area contributed by atoms with Gasteiger partial charge >= 0.3 is 5.97 Å². The lowest BCUT2D eigenvalue weighted by atomic mass is 10.1. The number of anilines is 1. The largest absolute Gasteiger partial charge is 0.423 e. The van der Waals surface area contributed by atoms with Crippen molar-refractivity contribution in [3.63, 3.8) is 0 Å². The van der Waals surface area contributed by atoms with Crippen LogP contribution in [0, 0.1) is 0 Å². The Bertz CT molecular complexity index is 881. The molecular formula is C20H26N2O5S. The van der Waals surface area contributed by atoms with Crippen LogP contribution in [0.2, 0.25) is 0 Å². The number of rotatable bonds is 10. The average Bonchev–Trinajstić information content (AvgIpc) is 2.69. The molecule has 0 saturated heterocycles. The first-order valence-corrected chi connectivity index (χ1v) is 10.5. The Morgan fingerprint density at radius 2 is 1.75 bits per heavy atom. The molecule has 1 N–H and O–H groups in total. The van der Waals surface area contributed by atoms with Gasteiger partial charge in [0.1, 0.15) is 5.75 Å². The standard InChI is InChI=1S/C20H26N2O5S/c1-4-22(5-2)28(24,25)17-11-12-19(21-13-14-26-3)18(15-17)20(23)27-16-9-7-6-8-10-16/h6-12,15,21H,4-5,13-14H2,1-3H3. The predicted molar refractivity (Wildman–Crippen MR) is 108 cm³/mol. The van der Waals surface area contributed by atoms with Crippen molar-refractivity contribution in [2.45, 2.75) is 18.7 Å². The van der Waals surface area contributed by atoms with Crippen LogP contribution in [0.15, 0.2) is 53.4 Å². The molecule has 2 aromatic rings. The molecule has 152 valence electrons. The average molecular weight is 407 g/mol. The van der Waals surface area contributed by atoms with E-state index in [2.05, 4.69) is 5.32 Å². The van der Waals surface area contributed by atoms with Crippen LogP contribution in [0.4, 0.5) is 5.69 Å². The van der Waals surface area contributed by atoms with Crippen LogP contribution in [0.3, 0.4) is 0 Å². The summed E-state index contributed by atoms with van der Waals surface area (Å²) in [4.78, 5) is 12.8. The zero-order valence-corrected chi connectivity index (χ0v) is 17.2. The van der Waals surface area contributed by atoms with Gasteiger partial charge in [-0.05, 0) is 30.3 Å². The minimum Gasteiger partial charge on any atom is -0.423 e. The van der Waals surface area contributed by atoms with Gasteiger partial charge < -0.3 is 14.8 Å². The van der Waals surface area contributed by atoms with Crippen molar-refractivity contribution in [3.05, 3.63) is 54.1 Å². The maximum Gasteiger partial charge on any atom is 0.345 e. The molecule has 0 heterocycles. The van der Waals surface area contributed by atoms with Crippen LogP contribution in [0.5, 0.6) is 5.75 Å². The lowest BCUT2D eigenvalue weighted by Gasteiger charge is -2.20. The number of benzene rings is 2. The van der Waals surface area contributed by atoms with E-state index in [1.54, 1.807) is 51.3 Å². The second kappa shape index (κ2) is 10.2. The highest BCUT2D eigenvalue weighted by Crippen LogP contribution is 2.24. The van der Waals surface area contributed by atoms with Crippen LogP contribution in [0.25, 0.3) is 0 Å². The van der Waals surface area contributed by atoms with Gasteiger partial charge in [0.15, 0.2) is 0 Å². The summed E-state index contributed by atoms with van der Waals surface area (Å²) in [5.74, 6) is -0.255. The minimum atomic E-state index is -3.70.